The van der Waals surface area contributed by atoms with Gasteiger partial charge < -0.3 is 5.32 Å². The molecule has 0 spiro atoms. The fourth-order valence-electron chi connectivity index (χ4n) is 2.11. The highest BCUT2D eigenvalue weighted by Crippen LogP contribution is 2.08. The number of carbonyl (C=O) groups excluding carboxylic acids is 1. The number of carbonyl (C=O) groups is 1. The molecule has 0 amide bonds. The number of hydrogen-bond donors (Lipinski definition) is 1. The molecule has 1 heterocycles. The minimum absolute atomic E-state index is 0.304. The minimum atomic E-state index is 0.304. The summed E-state index contributed by atoms with van der Waals surface area (Å²) in [7, 11) is 0. The van der Waals surface area contributed by atoms with Gasteiger partial charge in [0.1, 0.15) is 5.78 Å². The Kier molecular flexibility index (Phi) is 6.66. The Balaban J connectivity index is 0.000000180. The number of benzene rings is 1. The fraction of sp³-hybridized carbons (Fsp3) is 0.562. The van der Waals surface area contributed by atoms with Crippen molar-refractivity contribution in [3.8, 4) is 0 Å². The van der Waals surface area contributed by atoms with Gasteiger partial charge in [-0.25, -0.2) is 0 Å². The predicted octanol–water partition coefficient (Wildman–Crippen LogP) is 3.13. The molecule has 2 rings (SSSR count). The highest BCUT2D eigenvalue weighted by molar-refractivity contribution is 5.82. The largest absolute Gasteiger partial charge is 0.316 e. The van der Waals surface area contributed by atoms with Gasteiger partial charge in [-0.3, -0.25) is 4.79 Å². The molecule has 0 aromatic heterocycles. The van der Waals surface area contributed by atoms with Crippen LogP contribution in [0.15, 0.2) is 24.3 Å². The monoisotopic (exact) mass is 247 g/mol. The maximum Gasteiger partial charge on any atom is 0.138 e. The third kappa shape index (κ3) is 5.01. The highest BCUT2D eigenvalue weighted by atomic mass is 16.1. The summed E-state index contributed by atoms with van der Waals surface area (Å²) in [5, 5.41) is 3.20. The second-order valence-electron chi connectivity index (χ2n) is 4.87. The van der Waals surface area contributed by atoms with Crippen molar-refractivity contribution in [1.82, 2.24) is 5.32 Å². The molecule has 1 aromatic rings. The molecule has 100 valence electrons. The van der Waals surface area contributed by atoms with Crippen molar-refractivity contribution in [3.05, 3.63) is 35.4 Å². The van der Waals surface area contributed by atoms with E-state index in [1.165, 1.54) is 11.1 Å². The SMILES string of the molecule is CCC1CNCCC1=O.CCc1cccc(C)c1. The average molecular weight is 247 g/mol. The molecule has 1 atom stereocenters. The molecular formula is C16H25NO. The van der Waals surface area contributed by atoms with Crippen LogP contribution in [0.2, 0.25) is 0 Å². The van der Waals surface area contributed by atoms with E-state index in [9.17, 15) is 4.79 Å². The first-order chi connectivity index (χ1) is 8.67. The van der Waals surface area contributed by atoms with Crippen molar-refractivity contribution in [2.75, 3.05) is 13.1 Å². The van der Waals surface area contributed by atoms with Crippen molar-refractivity contribution in [1.29, 1.82) is 0 Å². The molecular weight excluding hydrogens is 222 g/mol. The molecule has 0 bridgehead atoms. The highest BCUT2D eigenvalue weighted by Gasteiger charge is 2.18. The number of Topliss-reactive ketones (excluding diaryl/α,β-unsaturated/α-hetero) is 1. The zero-order chi connectivity index (χ0) is 13.4. The van der Waals surface area contributed by atoms with Gasteiger partial charge >= 0.3 is 0 Å². The second-order valence-corrected chi connectivity index (χ2v) is 4.87. The molecule has 1 fully saturated rings. The van der Waals surface area contributed by atoms with Crippen LogP contribution in [0.25, 0.3) is 0 Å². The van der Waals surface area contributed by atoms with Gasteiger partial charge in [-0.2, -0.15) is 0 Å². The lowest BCUT2D eigenvalue weighted by atomic mass is 9.96. The third-order valence-electron chi connectivity index (χ3n) is 3.38. The maximum absolute atomic E-state index is 11.0. The standard InChI is InChI=1S/C9H12.C7H13NO/c1-3-9-6-4-5-8(2)7-9;1-2-6-5-8-4-3-7(6)9/h4-7H,3H2,1-2H3;6,8H,2-5H2,1H3. The van der Waals surface area contributed by atoms with Gasteiger partial charge in [0, 0.05) is 25.4 Å². The third-order valence-corrected chi connectivity index (χ3v) is 3.38. The number of piperidine rings is 1. The van der Waals surface area contributed by atoms with Crippen molar-refractivity contribution in [2.45, 2.75) is 40.0 Å². The van der Waals surface area contributed by atoms with Crippen LogP contribution in [0.4, 0.5) is 0 Å². The maximum atomic E-state index is 11.0. The van der Waals surface area contributed by atoms with Crippen LogP contribution >= 0.6 is 0 Å². The van der Waals surface area contributed by atoms with Crippen molar-refractivity contribution in [2.24, 2.45) is 5.92 Å². The Bertz CT molecular complexity index is 373. The van der Waals surface area contributed by atoms with Gasteiger partial charge in [0.05, 0.1) is 0 Å². The summed E-state index contributed by atoms with van der Waals surface area (Å²) >= 11 is 0. The van der Waals surface area contributed by atoms with E-state index in [1.54, 1.807) is 0 Å². The number of ketones is 1. The predicted molar refractivity (Wildman–Crippen MR) is 76.8 cm³/mol. The average Bonchev–Trinajstić information content (AvgIpc) is 2.40. The fourth-order valence-corrected chi connectivity index (χ4v) is 2.11. The lowest BCUT2D eigenvalue weighted by Crippen LogP contribution is -2.36. The molecule has 0 aliphatic carbocycles. The first-order valence-corrected chi connectivity index (χ1v) is 6.96. The molecule has 18 heavy (non-hydrogen) atoms. The van der Waals surface area contributed by atoms with Crippen LogP contribution in [0.3, 0.4) is 0 Å². The van der Waals surface area contributed by atoms with Crippen molar-refractivity contribution in [3.63, 3.8) is 0 Å². The Morgan fingerprint density at radius 3 is 2.56 bits per heavy atom. The number of aryl methyl sites for hydroxylation is 2. The van der Waals surface area contributed by atoms with Crippen molar-refractivity contribution >= 4 is 5.78 Å². The van der Waals surface area contributed by atoms with Crippen LogP contribution in [0, 0.1) is 12.8 Å². The Hall–Kier alpha value is -1.15. The van der Waals surface area contributed by atoms with Gasteiger partial charge in [-0.05, 0) is 25.3 Å². The normalized spacial score (nSPS) is 19.1. The summed E-state index contributed by atoms with van der Waals surface area (Å²) in [5.41, 5.74) is 2.78. The van der Waals surface area contributed by atoms with E-state index in [0.717, 1.165) is 32.4 Å². The quantitative estimate of drug-likeness (QED) is 0.870. The molecule has 0 saturated carbocycles. The van der Waals surface area contributed by atoms with E-state index in [4.69, 9.17) is 0 Å². The molecule has 1 aromatic carbocycles. The van der Waals surface area contributed by atoms with Gasteiger partial charge in [0.25, 0.3) is 0 Å². The number of hydrogen-bond acceptors (Lipinski definition) is 2. The van der Waals surface area contributed by atoms with E-state index in [1.807, 2.05) is 0 Å². The van der Waals surface area contributed by atoms with Crippen LogP contribution < -0.4 is 5.32 Å². The molecule has 2 nitrogen and oxygen atoms in total. The summed E-state index contributed by atoms with van der Waals surface area (Å²) in [6, 6.07) is 8.61. The number of rotatable bonds is 2. The molecule has 1 aliphatic rings. The van der Waals surface area contributed by atoms with E-state index in [2.05, 4.69) is 50.4 Å². The summed E-state index contributed by atoms with van der Waals surface area (Å²) in [6.45, 7) is 8.15. The minimum Gasteiger partial charge on any atom is -0.316 e. The van der Waals surface area contributed by atoms with E-state index < -0.39 is 0 Å². The molecule has 2 heteroatoms. The lowest BCUT2D eigenvalue weighted by Gasteiger charge is -2.19. The smallest absolute Gasteiger partial charge is 0.138 e. The second kappa shape index (κ2) is 8.04. The Morgan fingerprint density at radius 2 is 2.11 bits per heavy atom. The van der Waals surface area contributed by atoms with Gasteiger partial charge in [0.15, 0.2) is 0 Å². The topological polar surface area (TPSA) is 29.1 Å². The zero-order valence-corrected chi connectivity index (χ0v) is 11.8. The van der Waals surface area contributed by atoms with E-state index in [0.29, 0.717) is 11.7 Å². The van der Waals surface area contributed by atoms with Crippen LogP contribution in [-0.4, -0.2) is 18.9 Å². The van der Waals surface area contributed by atoms with Crippen LogP contribution in [0.5, 0.6) is 0 Å². The first kappa shape index (κ1) is 14.9. The Labute approximate surface area is 111 Å². The molecule has 1 unspecified atom stereocenters. The van der Waals surface area contributed by atoms with E-state index >= 15 is 0 Å². The lowest BCUT2D eigenvalue weighted by molar-refractivity contribution is -0.123. The summed E-state index contributed by atoms with van der Waals surface area (Å²) in [4.78, 5) is 11.0. The molecule has 1 N–H and O–H groups in total. The molecule has 1 saturated heterocycles. The van der Waals surface area contributed by atoms with Crippen molar-refractivity contribution < 1.29 is 4.79 Å². The summed E-state index contributed by atoms with van der Waals surface area (Å²) in [6.07, 6.45) is 2.87. The molecule has 1 aliphatic heterocycles. The summed E-state index contributed by atoms with van der Waals surface area (Å²) < 4.78 is 0. The first-order valence-electron chi connectivity index (χ1n) is 6.96. The van der Waals surface area contributed by atoms with Gasteiger partial charge in [-0.15, -0.1) is 0 Å². The summed E-state index contributed by atoms with van der Waals surface area (Å²) in [5.74, 6) is 0.745. The van der Waals surface area contributed by atoms with Crippen LogP contribution in [-0.2, 0) is 11.2 Å². The van der Waals surface area contributed by atoms with Gasteiger partial charge in [0.2, 0.25) is 0 Å². The number of nitrogens with one attached hydrogen (secondary N) is 1. The zero-order valence-electron chi connectivity index (χ0n) is 11.8. The Morgan fingerprint density at radius 1 is 1.33 bits per heavy atom. The van der Waals surface area contributed by atoms with Crippen LogP contribution in [0.1, 0.15) is 37.8 Å². The molecule has 0 radical (unpaired) electrons. The van der Waals surface area contributed by atoms with E-state index in [-0.39, 0.29) is 0 Å². The van der Waals surface area contributed by atoms with Gasteiger partial charge in [-0.1, -0.05) is 43.7 Å².